The number of carboxylic acid groups (broad SMARTS) is 1. The van der Waals surface area contributed by atoms with Gasteiger partial charge in [0.25, 0.3) is 0 Å². The van der Waals surface area contributed by atoms with Crippen molar-refractivity contribution >= 4 is 12.0 Å². The molecule has 0 bridgehead atoms. The van der Waals surface area contributed by atoms with Gasteiger partial charge in [-0.2, -0.15) is 0 Å². The van der Waals surface area contributed by atoms with Gasteiger partial charge in [-0.05, 0) is 12.8 Å². The molecule has 1 N–H and O–H groups in total. The number of morpholine rings is 1. The SMILES string of the molecule is O=C(O)CC1COCCN1C(=O)N1CCCCCCC1. The van der Waals surface area contributed by atoms with Gasteiger partial charge in [-0.25, -0.2) is 4.79 Å². The smallest absolute Gasteiger partial charge is 0.320 e. The molecule has 0 aromatic carbocycles. The van der Waals surface area contributed by atoms with Crippen molar-refractivity contribution in [2.24, 2.45) is 0 Å². The summed E-state index contributed by atoms with van der Waals surface area (Å²) in [6.45, 7) is 2.89. The van der Waals surface area contributed by atoms with E-state index >= 15 is 0 Å². The number of ether oxygens (including phenoxy) is 1. The molecule has 2 rings (SSSR count). The fraction of sp³-hybridized carbons (Fsp3) is 0.857. The van der Waals surface area contributed by atoms with Crippen LogP contribution in [0, 0.1) is 0 Å². The molecule has 0 spiro atoms. The van der Waals surface area contributed by atoms with Crippen molar-refractivity contribution in [2.45, 2.75) is 44.6 Å². The lowest BCUT2D eigenvalue weighted by Crippen LogP contribution is -2.54. The summed E-state index contributed by atoms with van der Waals surface area (Å²) in [4.78, 5) is 27.1. The van der Waals surface area contributed by atoms with Crippen LogP contribution in [0.2, 0.25) is 0 Å². The second kappa shape index (κ2) is 7.47. The Morgan fingerprint density at radius 3 is 2.35 bits per heavy atom. The maximum Gasteiger partial charge on any atom is 0.320 e. The predicted octanol–water partition coefficient (Wildman–Crippen LogP) is 1.55. The first-order valence-corrected chi connectivity index (χ1v) is 7.53. The molecule has 20 heavy (non-hydrogen) atoms. The molecule has 2 saturated heterocycles. The van der Waals surface area contributed by atoms with Gasteiger partial charge < -0.3 is 19.6 Å². The van der Waals surface area contributed by atoms with E-state index in [4.69, 9.17) is 9.84 Å². The van der Waals surface area contributed by atoms with Crippen LogP contribution in [-0.4, -0.2) is 65.8 Å². The number of aliphatic carboxylic acids is 1. The highest BCUT2D eigenvalue weighted by Gasteiger charge is 2.31. The first-order valence-electron chi connectivity index (χ1n) is 7.53. The Hall–Kier alpha value is -1.30. The zero-order chi connectivity index (χ0) is 14.4. The van der Waals surface area contributed by atoms with Gasteiger partial charge in [-0.3, -0.25) is 4.79 Å². The maximum absolute atomic E-state index is 12.6. The van der Waals surface area contributed by atoms with Crippen molar-refractivity contribution in [1.82, 2.24) is 9.80 Å². The minimum atomic E-state index is -0.883. The molecule has 6 nitrogen and oxygen atoms in total. The zero-order valence-corrected chi connectivity index (χ0v) is 11.9. The molecule has 1 unspecified atom stereocenters. The fourth-order valence-electron chi connectivity index (χ4n) is 2.90. The molecule has 0 saturated carbocycles. The predicted molar refractivity (Wildman–Crippen MR) is 73.6 cm³/mol. The lowest BCUT2D eigenvalue weighted by atomic mass is 10.1. The number of carbonyl (C=O) groups is 2. The molecule has 0 aromatic heterocycles. The first kappa shape index (κ1) is 15.1. The number of likely N-dealkylation sites (tertiary alicyclic amines) is 1. The highest BCUT2D eigenvalue weighted by Crippen LogP contribution is 2.17. The molecular formula is C14H24N2O4. The van der Waals surface area contributed by atoms with Crippen molar-refractivity contribution in [3.63, 3.8) is 0 Å². The van der Waals surface area contributed by atoms with Crippen LogP contribution in [0.1, 0.15) is 38.5 Å². The molecule has 0 radical (unpaired) electrons. The maximum atomic E-state index is 12.6. The Kier molecular flexibility index (Phi) is 5.64. The van der Waals surface area contributed by atoms with Crippen LogP contribution >= 0.6 is 0 Å². The number of hydrogen-bond acceptors (Lipinski definition) is 3. The number of carbonyl (C=O) groups excluding carboxylic acids is 1. The number of hydrogen-bond donors (Lipinski definition) is 1. The zero-order valence-electron chi connectivity index (χ0n) is 11.9. The molecule has 2 amide bonds. The van der Waals surface area contributed by atoms with Crippen molar-refractivity contribution in [3.05, 3.63) is 0 Å². The van der Waals surface area contributed by atoms with Crippen molar-refractivity contribution in [3.8, 4) is 0 Å². The second-order valence-electron chi connectivity index (χ2n) is 5.56. The normalized spacial score (nSPS) is 24.9. The quantitative estimate of drug-likeness (QED) is 0.835. The lowest BCUT2D eigenvalue weighted by molar-refractivity contribution is -0.139. The standard InChI is InChI=1S/C14H24N2O4/c17-13(18)10-12-11-20-9-8-16(12)14(19)15-6-4-2-1-3-5-7-15/h12H,1-11H2,(H,17,18). The Bertz CT molecular complexity index is 340. The number of carboxylic acids is 1. The van der Waals surface area contributed by atoms with E-state index in [1.165, 1.54) is 19.3 Å². The summed E-state index contributed by atoms with van der Waals surface area (Å²) >= 11 is 0. The third-order valence-electron chi connectivity index (χ3n) is 4.01. The molecule has 2 heterocycles. The molecule has 114 valence electrons. The van der Waals surface area contributed by atoms with Gasteiger partial charge in [0.15, 0.2) is 0 Å². The van der Waals surface area contributed by atoms with Crippen LogP contribution in [0.5, 0.6) is 0 Å². The van der Waals surface area contributed by atoms with E-state index in [1.54, 1.807) is 4.90 Å². The van der Waals surface area contributed by atoms with E-state index in [9.17, 15) is 9.59 Å². The molecule has 2 aliphatic heterocycles. The average Bonchev–Trinajstić information content (AvgIpc) is 2.37. The summed E-state index contributed by atoms with van der Waals surface area (Å²) in [7, 11) is 0. The van der Waals surface area contributed by atoms with Crippen molar-refractivity contribution in [1.29, 1.82) is 0 Å². The van der Waals surface area contributed by atoms with Crippen LogP contribution in [-0.2, 0) is 9.53 Å². The molecular weight excluding hydrogens is 260 g/mol. The topological polar surface area (TPSA) is 70.1 Å². The number of rotatable bonds is 2. The number of amides is 2. The lowest BCUT2D eigenvalue weighted by Gasteiger charge is -2.38. The van der Waals surface area contributed by atoms with E-state index < -0.39 is 5.97 Å². The first-order chi connectivity index (χ1) is 9.68. The largest absolute Gasteiger partial charge is 0.481 e. The summed E-state index contributed by atoms with van der Waals surface area (Å²) in [6.07, 6.45) is 5.64. The summed E-state index contributed by atoms with van der Waals surface area (Å²) in [6, 6.07) is -0.347. The average molecular weight is 284 g/mol. The van der Waals surface area contributed by atoms with E-state index in [0.717, 1.165) is 25.9 Å². The van der Waals surface area contributed by atoms with Gasteiger partial charge in [0.1, 0.15) is 0 Å². The molecule has 0 aliphatic carbocycles. The van der Waals surface area contributed by atoms with Crippen LogP contribution in [0.15, 0.2) is 0 Å². The highest BCUT2D eigenvalue weighted by molar-refractivity contribution is 5.76. The molecule has 2 fully saturated rings. The van der Waals surface area contributed by atoms with E-state index in [0.29, 0.717) is 19.8 Å². The van der Waals surface area contributed by atoms with E-state index in [-0.39, 0.29) is 18.5 Å². The third-order valence-corrected chi connectivity index (χ3v) is 4.01. The third kappa shape index (κ3) is 4.10. The van der Waals surface area contributed by atoms with Gasteiger partial charge in [0.2, 0.25) is 0 Å². The van der Waals surface area contributed by atoms with Gasteiger partial charge in [0, 0.05) is 19.6 Å². The van der Waals surface area contributed by atoms with Crippen molar-refractivity contribution in [2.75, 3.05) is 32.8 Å². The van der Waals surface area contributed by atoms with Gasteiger partial charge in [-0.1, -0.05) is 19.3 Å². The molecule has 1 atom stereocenters. The van der Waals surface area contributed by atoms with Crippen LogP contribution < -0.4 is 0 Å². The Labute approximate surface area is 119 Å². The Morgan fingerprint density at radius 1 is 1.05 bits per heavy atom. The summed E-state index contributed by atoms with van der Waals surface area (Å²) < 4.78 is 5.32. The summed E-state index contributed by atoms with van der Waals surface area (Å²) in [5.74, 6) is -0.883. The molecule has 2 aliphatic rings. The van der Waals surface area contributed by atoms with Crippen LogP contribution in [0.25, 0.3) is 0 Å². The van der Waals surface area contributed by atoms with Crippen LogP contribution in [0.3, 0.4) is 0 Å². The summed E-state index contributed by atoms with van der Waals surface area (Å²) in [5.41, 5.74) is 0. The van der Waals surface area contributed by atoms with Crippen LogP contribution in [0.4, 0.5) is 4.79 Å². The Morgan fingerprint density at radius 2 is 1.70 bits per heavy atom. The minimum Gasteiger partial charge on any atom is -0.481 e. The van der Waals surface area contributed by atoms with Crippen molar-refractivity contribution < 1.29 is 19.4 Å². The second-order valence-corrected chi connectivity index (χ2v) is 5.56. The number of nitrogens with zero attached hydrogens (tertiary/aromatic N) is 2. The molecule has 6 heteroatoms. The van der Waals surface area contributed by atoms with Gasteiger partial charge in [-0.15, -0.1) is 0 Å². The highest BCUT2D eigenvalue weighted by atomic mass is 16.5. The minimum absolute atomic E-state index is 0.0125. The Balaban J connectivity index is 1.98. The van der Waals surface area contributed by atoms with E-state index in [1.807, 2.05) is 4.90 Å². The summed E-state index contributed by atoms with van der Waals surface area (Å²) in [5, 5.41) is 8.95. The number of urea groups is 1. The molecule has 0 aromatic rings. The fourth-order valence-corrected chi connectivity index (χ4v) is 2.90. The van der Waals surface area contributed by atoms with E-state index in [2.05, 4.69) is 0 Å². The monoisotopic (exact) mass is 284 g/mol. The van der Waals surface area contributed by atoms with Gasteiger partial charge in [0.05, 0.1) is 25.7 Å². The van der Waals surface area contributed by atoms with Gasteiger partial charge >= 0.3 is 12.0 Å².